The third kappa shape index (κ3) is 3.47. The topological polar surface area (TPSA) is 87.9 Å². The van der Waals surface area contributed by atoms with Gasteiger partial charge in [0.25, 0.3) is 0 Å². The Kier molecular flexibility index (Phi) is 3.43. The Morgan fingerprint density at radius 3 is 2.94 bits per heavy atom. The van der Waals surface area contributed by atoms with Gasteiger partial charge in [0.2, 0.25) is 0 Å². The van der Waals surface area contributed by atoms with Crippen molar-refractivity contribution in [2.75, 3.05) is 13.2 Å². The second kappa shape index (κ2) is 4.69. The van der Waals surface area contributed by atoms with E-state index >= 15 is 0 Å². The highest BCUT2D eigenvalue weighted by Crippen LogP contribution is 2.33. The SMILES string of the molecule is NS(=O)(=O)OCC1COc2cc(Cl)ccc2O1. The standard InChI is InChI=1S/C9H10ClNO5S/c10-6-1-2-8-9(3-6)14-4-7(16-8)5-15-17(11,12)13/h1-3,7H,4-5H2,(H2,11,12,13). The highest BCUT2D eigenvalue weighted by molar-refractivity contribution is 7.84. The van der Waals surface area contributed by atoms with E-state index in [2.05, 4.69) is 4.18 Å². The van der Waals surface area contributed by atoms with Crippen LogP contribution in [0.3, 0.4) is 0 Å². The molecule has 1 unspecified atom stereocenters. The predicted octanol–water partition coefficient (Wildman–Crippen LogP) is 0.700. The van der Waals surface area contributed by atoms with E-state index in [4.69, 9.17) is 26.2 Å². The normalized spacial score (nSPS) is 19.1. The van der Waals surface area contributed by atoms with E-state index in [1.54, 1.807) is 18.2 Å². The first-order valence-electron chi connectivity index (χ1n) is 4.70. The molecule has 0 radical (unpaired) electrons. The van der Waals surface area contributed by atoms with Crippen molar-refractivity contribution in [3.63, 3.8) is 0 Å². The summed E-state index contributed by atoms with van der Waals surface area (Å²) in [7, 11) is -3.96. The lowest BCUT2D eigenvalue weighted by Crippen LogP contribution is -2.35. The molecular weight excluding hydrogens is 270 g/mol. The van der Waals surface area contributed by atoms with Crippen LogP contribution in [0.4, 0.5) is 0 Å². The molecular formula is C9H10ClNO5S. The fourth-order valence-electron chi connectivity index (χ4n) is 1.34. The van der Waals surface area contributed by atoms with Gasteiger partial charge in [-0.2, -0.15) is 8.42 Å². The van der Waals surface area contributed by atoms with Gasteiger partial charge in [0.1, 0.15) is 13.2 Å². The molecule has 0 amide bonds. The van der Waals surface area contributed by atoms with Gasteiger partial charge >= 0.3 is 10.3 Å². The van der Waals surface area contributed by atoms with Crippen LogP contribution < -0.4 is 14.6 Å². The fraction of sp³-hybridized carbons (Fsp3) is 0.333. The quantitative estimate of drug-likeness (QED) is 0.880. The van der Waals surface area contributed by atoms with Gasteiger partial charge in [-0.1, -0.05) is 11.6 Å². The number of hydrogen-bond acceptors (Lipinski definition) is 5. The Labute approximate surface area is 103 Å². The van der Waals surface area contributed by atoms with Crippen molar-refractivity contribution in [3.05, 3.63) is 23.2 Å². The minimum absolute atomic E-state index is 0.170. The molecule has 1 aromatic rings. The molecule has 0 spiro atoms. The summed E-state index contributed by atoms with van der Waals surface area (Å²) in [5.41, 5.74) is 0. The predicted molar refractivity (Wildman–Crippen MR) is 60.4 cm³/mol. The molecule has 2 N–H and O–H groups in total. The smallest absolute Gasteiger partial charge is 0.333 e. The van der Waals surface area contributed by atoms with Crippen molar-refractivity contribution in [1.82, 2.24) is 0 Å². The fourth-order valence-corrected chi connectivity index (χ4v) is 1.84. The van der Waals surface area contributed by atoms with Gasteiger partial charge in [0.05, 0.1) is 0 Å². The van der Waals surface area contributed by atoms with Crippen LogP contribution in [0, 0.1) is 0 Å². The molecule has 0 aromatic heterocycles. The molecule has 2 rings (SSSR count). The van der Waals surface area contributed by atoms with Crippen molar-refractivity contribution < 1.29 is 22.1 Å². The zero-order valence-corrected chi connectivity index (χ0v) is 10.2. The average Bonchev–Trinajstić information content (AvgIpc) is 2.25. The number of nitrogens with two attached hydrogens (primary N) is 1. The largest absolute Gasteiger partial charge is 0.486 e. The molecule has 0 aliphatic carbocycles. The third-order valence-corrected chi connectivity index (χ3v) is 2.74. The molecule has 1 aliphatic rings. The average molecular weight is 280 g/mol. The third-order valence-electron chi connectivity index (χ3n) is 2.04. The Bertz CT molecular complexity index is 518. The molecule has 6 nitrogen and oxygen atoms in total. The van der Waals surface area contributed by atoms with E-state index in [1.165, 1.54) is 0 Å². The summed E-state index contributed by atoms with van der Waals surface area (Å²) >= 11 is 5.78. The summed E-state index contributed by atoms with van der Waals surface area (Å²) in [6.45, 7) is -0.0240. The molecule has 1 atom stereocenters. The second-order valence-corrected chi connectivity index (χ2v) is 5.08. The van der Waals surface area contributed by atoms with Crippen LogP contribution in [-0.4, -0.2) is 27.7 Å². The first-order chi connectivity index (χ1) is 7.94. The molecule has 17 heavy (non-hydrogen) atoms. The zero-order valence-electron chi connectivity index (χ0n) is 8.63. The van der Waals surface area contributed by atoms with E-state index in [1.807, 2.05) is 0 Å². The van der Waals surface area contributed by atoms with Crippen LogP contribution in [0.2, 0.25) is 5.02 Å². The molecule has 0 saturated heterocycles. The first-order valence-corrected chi connectivity index (χ1v) is 6.55. The monoisotopic (exact) mass is 279 g/mol. The molecule has 8 heteroatoms. The zero-order chi connectivity index (χ0) is 12.5. The van der Waals surface area contributed by atoms with E-state index < -0.39 is 16.4 Å². The summed E-state index contributed by atoms with van der Waals surface area (Å²) in [5, 5.41) is 5.24. The van der Waals surface area contributed by atoms with Gasteiger partial charge in [-0.25, -0.2) is 5.14 Å². The molecule has 94 valence electrons. The lowest BCUT2D eigenvalue weighted by atomic mass is 10.3. The van der Waals surface area contributed by atoms with Crippen LogP contribution >= 0.6 is 11.6 Å². The Morgan fingerprint density at radius 1 is 1.47 bits per heavy atom. The van der Waals surface area contributed by atoms with Crippen LogP contribution in [0.25, 0.3) is 0 Å². The number of benzene rings is 1. The van der Waals surface area contributed by atoms with E-state index in [0.29, 0.717) is 16.5 Å². The lowest BCUT2D eigenvalue weighted by molar-refractivity contribution is 0.0555. The molecule has 0 fully saturated rings. The maximum atomic E-state index is 10.6. The van der Waals surface area contributed by atoms with Gasteiger partial charge in [0.15, 0.2) is 17.6 Å². The molecule has 0 bridgehead atoms. The van der Waals surface area contributed by atoms with E-state index in [9.17, 15) is 8.42 Å². The Balaban J connectivity index is 2.01. The number of halogens is 1. The molecule has 1 heterocycles. The van der Waals surface area contributed by atoms with E-state index in [-0.39, 0.29) is 13.2 Å². The summed E-state index contributed by atoms with van der Waals surface area (Å²) in [5.74, 6) is 1.01. The van der Waals surface area contributed by atoms with Gasteiger partial charge in [-0.15, -0.1) is 0 Å². The number of rotatable bonds is 3. The Morgan fingerprint density at radius 2 is 2.24 bits per heavy atom. The van der Waals surface area contributed by atoms with Gasteiger partial charge in [-0.3, -0.25) is 4.18 Å². The summed E-state index contributed by atoms with van der Waals surface area (Å²) in [6.07, 6.45) is -0.526. The Hall–Kier alpha value is -1.02. The molecule has 1 aromatic carbocycles. The number of fused-ring (bicyclic) bond motifs is 1. The van der Waals surface area contributed by atoms with Crippen LogP contribution in [0.15, 0.2) is 18.2 Å². The van der Waals surface area contributed by atoms with Crippen molar-refractivity contribution in [2.45, 2.75) is 6.10 Å². The van der Waals surface area contributed by atoms with Gasteiger partial charge in [-0.05, 0) is 12.1 Å². The highest BCUT2D eigenvalue weighted by atomic mass is 35.5. The highest BCUT2D eigenvalue weighted by Gasteiger charge is 2.22. The van der Waals surface area contributed by atoms with Gasteiger partial charge in [0, 0.05) is 11.1 Å². The van der Waals surface area contributed by atoms with Crippen LogP contribution in [0.5, 0.6) is 11.5 Å². The molecule has 0 saturated carbocycles. The summed E-state index contributed by atoms with van der Waals surface area (Å²) < 4.78 is 36.4. The van der Waals surface area contributed by atoms with E-state index in [0.717, 1.165) is 0 Å². The second-order valence-electron chi connectivity index (χ2n) is 3.42. The summed E-state index contributed by atoms with van der Waals surface area (Å²) in [6, 6.07) is 4.90. The lowest BCUT2D eigenvalue weighted by Gasteiger charge is -2.25. The van der Waals surface area contributed by atoms with Crippen molar-refractivity contribution in [3.8, 4) is 11.5 Å². The van der Waals surface area contributed by atoms with Crippen LogP contribution in [-0.2, 0) is 14.5 Å². The number of hydrogen-bond donors (Lipinski definition) is 1. The maximum absolute atomic E-state index is 10.6. The minimum atomic E-state index is -3.96. The van der Waals surface area contributed by atoms with Crippen molar-refractivity contribution in [1.29, 1.82) is 0 Å². The number of ether oxygens (including phenoxy) is 2. The van der Waals surface area contributed by atoms with Crippen molar-refractivity contribution >= 4 is 21.9 Å². The summed E-state index contributed by atoms with van der Waals surface area (Å²) in [4.78, 5) is 0. The first kappa shape index (κ1) is 12.4. The maximum Gasteiger partial charge on any atom is 0.333 e. The van der Waals surface area contributed by atoms with Gasteiger partial charge < -0.3 is 9.47 Å². The van der Waals surface area contributed by atoms with Crippen LogP contribution in [0.1, 0.15) is 0 Å². The molecule has 1 aliphatic heterocycles. The minimum Gasteiger partial charge on any atom is -0.486 e. The van der Waals surface area contributed by atoms with Crippen molar-refractivity contribution in [2.24, 2.45) is 5.14 Å².